The van der Waals surface area contributed by atoms with E-state index in [9.17, 15) is 0 Å². The average molecular weight is 273 g/mol. The Labute approximate surface area is 118 Å². The fourth-order valence-electron chi connectivity index (χ4n) is 2.45. The van der Waals surface area contributed by atoms with E-state index in [1.807, 2.05) is 30.5 Å². The third-order valence-electron chi connectivity index (χ3n) is 3.41. The Morgan fingerprint density at radius 2 is 2.25 bits per heavy atom. The van der Waals surface area contributed by atoms with Gasteiger partial charge in [0.2, 0.25) is 0 Å². The lowest BCUT2D eigenvalue weighted by atomic mass is 10.1. The highest BCUT2D eigenvalue weighted by molar-refractivity contribution is 5.40. The lowest BCUT2D eigenvalue weighted by Crippen LogP contribution is -2.49. The second kappa shape index (κ2) is 5.96. The van der Waals surface area contributed by atoms with Crippen LogP contribution in [0.5, 0.6) is 11.5 Å². The van der Waals surface area contributed by atoms with Crippen LogP contribution in [0.15, 0.2) is 36.7 Å². The molecule has 2 heterocycles. The minimum Gasteiger partial charge on any atom is -0.486 e. The molecule has 1 aliphatic rings. The van der Waals surface area contributed by atoms with Crippen LogP contribution in [0.25, 0.3) is 0 Å². The summed E-state index contributed by atoms with van der Waals surface area (Å²) in [6.07, 6.45) is 4.38. The lowest BCUT2D eigenvalue weighted by molar-refractivity contribution is 0.0619. The van der Waals surface area contributed by atoms with Gasteiger partial charge in [0.1, 0.15) is 18.5 Å². The monoisotopic (exact) mass is 273 g/mol. The third-order valence-corrected chi connectivity index (χ3v) is 3.41. The van der Waals surface area contributed by atoms with Crippen LogP contribution in [-0.2, 0) is 6.42 Å². The Hall–Kier alpha value is -2.01. The van der Waals surface area contributed by atoms with Crippen molar-refractivity contribution in [1.82, 2.24) is 15.3 Å². The quantitative estimate of drug-likeness (QED) is 0.871. The van der Waals surface area contributed by atoms with Gasteiger partial charge in [0.05, 0.1) is 6.04 Å². The van der Waals surface area contributed by atoms with Crippen molar-refractivity contribution in [2.24, 2.45) is 0 Å². The van der Waals surface area contributed by atoms with Gasteiger partial charge in [0, 0.05) is 18.8 Å². The average Bonchev–Trinajstić information content (AvgIpc) is 2.99. The molecule has 0 radical (unpaired) electrons. The van der Waals surface area contributed by atoms with E-state index >= 15 is 0 Å². The van der Waals surface area contributed by atoms with Crippen LogP contribution in [0.1, 0.15) is 12.7 Å². The van der Waals surface area contributed by atoms with Gasteiger partial charge in [-0.1, -0.05) is 19.1 Å². The number of rotatable bonds is 5. The molecular weight excluding hydrogens is 254 g/mol. The third kappa shape index (κ3) is 2.77. The fourth-order valence-corrected chi connectivity index (χ4v) is 2.45. The van der Waals surface area contributed by atoms with Crippen molar-refractivity contribution in [2.45, 2.75) is 25.5 Å². The van der Waals surface area contributed by atoms with Crippen molar-refractivity contribution in [3.63, 3.8) is 0 Å². The second-order valence-corrected chi connectivity index (χ2v) is 4.82. The van der Waals surface area contributed by atoms with Crippen LogP contribution < -0.4 is 14.8 Å². The summed E-state index contributed by atoms with van der Waals surface area (Å²) in [7, 11) is 0. The molecule has 2 atom stereocenters. The largest absolute Gasteiger partial charge is 0.486 e. The highest BCUT2D eigenvalue weighted by atomic mass is 16.6. The van der Waals surface area contributed by atoms with Crippen molar-refractivity contribution in [1.29, 1.82) is 0 Å². The first-order valence-corrected chi connectivity index (χ1v) is 6.97. The normalized spacial score (nSPS) is 18.8. The maximum Gasteiger partial charge on any atom is 0.161 e. The van der Waals surface area contributed by atoms with Gasteiger partial charge in [-0.25, -0.2) is 4.98 Å². The molecule has 5 nitrogen and oxygen atoms in total. The SMILES string of the molecule is CCNC(Cc1ncc[nH]1)C1COc2ccccc2O1. The first kappa shape index (κ1) is 13.0. The molecule has 0 bridgehead atoms. The number of para-hydroxylation sites is 2. The highest BCUT2D eigenvalue weighted by Crippen LogP contribution is 2.31. The molecular formula is C15H19N3O2. The second-order valence-electron chi connectivity index (χ2n) is 4.82. The predicted octanol–water partition coefficient (Wildman–Crippen LogP) is 1.77. The van der Waals surface area contributed by atoms with E-state index in [0.717, 1.165) is 30.3 Å². The van der Waals surface area contributed by atoms with Crippen molar-refractivity contribution < 1.29 is 9.47 Å². The molecule has 20 heavy (non-hydrogen) atoms. The van der Waals surface area contributed by atoms with Gasteiger partial charge in [-0.15, -0.1) is 0 Å². The van der Waals surface area contributed by atoms with Gasteiger partial charge in [-0.3, -0.25) is 0 Å². The molecule has 2 N–H and O–H groups in total. The van der Waals surface area contributed by atoms with Gasteiger partial charge in [0.25, 0.3) is 0 Å². The number of fused-ring (bicyclic) bond motifs is 1. The minimum absolute atomic E-state index is 0.0186. The summed E-state index contributed by atoms with van der Waals surface area (Å²) >= 11 is 0. The van der Waals surface area contributed by atoms with Crippen LogP contribution in [0.3, 0.4) is 0 Å². The molecule has 0 aliphatic carbocycles. The fraction of sp³-hybridized carbons (Fsp3) is 0.400. The van der Waals surface area contributed by atoms with E-state index in [1.165, 1.54) is 0 Å². The van der Waals surface area contributed by atoms with E-state index in [2.05, 4.69) is 22.2 Å². The van der Waals surface area contributed by atoms with Gasteiger partial charge in [0.15, 0.2) is 11.5 Å². The molecule has 0 saturated heterocycles. The Morgan fingerprint density at radius 3 is 3.00 bits per heavy atom. The molecule has 0 fully saturated rings. The zero-order valence-corrected chi connectivity index (χ0v) is 11.5. The number of imidazole rings is 1. The molecule has 0 amide bonds. The van der Waals surface area contributed by atoms with E-state index < -0.39 is 0 Å². The van der Waals surface area contributed by atoms with E-state index in [1.54, 1.807) is 6.20 Å². The maximum absolute atomic E-state index is 6.07. The summed E-state index contributed by atoms with van der Waals surface area (Å²) in [5, 5.41) is 3.46. The number of hydrogen-bond donors (Lipinski definition) is 2. The van der Waals surface area contributed by atoms with Gasteiger partial charge in [-0.05, 0) is 18.7 Å². The standard InChI is InChI=1S/C15H19N3O2/c1-2-16-11(9-15-17-7-8-18-15)14-10-19-12-5-3-4-6-13(12)20-14/h3-8,11,14,16H,2,9-10H2,1H3,(H,17,18). The number of nitrogens with zero attached hydrogens (tertiary/aromatic N) is 1. The highest BCUT2D eigenvalue weighted by Gasteiger charge is 2.29. The first-order chi connectivity index (χ1) is 9.86. The van der Waals surface area contributed by atoms with Crippen molar-refractivity contribution in [2.75, 3.05) is 13.2 Å². The molecule has 0 saturated carbocycles. The molecule has 2 aromatic rings. The smallest absolute Gasteiger partial charge is 0.161 e. The predicted molar refractivity (Wildman–Crippen MR) is 76.1 cm³/mol. The molecule has 106 valence electrons. The van der Waals surface area contributed by atoms with Crippen LogP contribution >= 0.6 is 0 Å². The first-order valence-electron chi connectivity index (χ1n) is 6.97. The number of aromatic amines is 1. The summed E-state index contributed by atoms with van der Waals surface area (Å²) < 4.78 is 11.9. The zero-order chi connectivity index (χ0) is 13.8. The molecule has 2 unspecified atom stereocenters. The summed E-state index contributed by atoms with van der Waals surface area (Å²) in [6, 6.07) is 7.95. The summed E-state index contributed by atoms with van der Waals surface area (Å²) in [5.74, 6) is 2.58. The van der Waals surface area contributed by atoms with Crippen molar-refractivity contribution in [3.8, 4) is 11.5 Å². The Balaban J connectivity index is 1.72. The lowest BCUT2D eigenvalue weighted by Gasteiger charge is -2.32. The molecule has 0 spiro atoms. The number of likely N-dealkylation sites (N-methyl/N-ethyl adjacent to an activating group) is 1. The van der Waals surface area contributed by atoms with Crippen molar-refractivity contribution in [3.05, 3.63) is 42.5 Å². The number of H-pyrrole nitrogens is 1. The topological polar surface area (TPSA) is 59.2 Å². The van der Waals surface area contributed by atoms with Crippen LogP contribution in [0, 0.1) is 0 Å². The summed E-state index contributed by atoms with van der Waals surface area (Å²) in [5.41, 5.74) is 0. The molecule has 1 aromatic heterocycles. The van der Waals surface area contributed by atoms with Gasteiger partial charge >= 0.3 is 0 Å². The van der Waals surface area contributed by atoms with Gasteiger partial charge in [-0.2, -0.15) is 0 Å². The number of ether oxygens (including phenoxy) is 2. The van der Waals surface area contributed by atoms with Crippen molar-refractivity contribution >= 4 is 0 Å². The van der Waals surface area contributed by atoms with E-state index in [0.29, 0.717) is 6.61 Å². The van der Waals surface area contributed by atoms with E-state index in [4.69, 9.17) is 9.47 Å². The van der Waals surface area contributed by atoms with Gasteiger partial charge < -0.3 is 19.8 Å². The van der Waals surface area contributed by atoms with Crippen LogP contribution in [-0.4, -0.2) is 35.3 Å². The van der Waals surface area contributed by atoms with Crippen LogP contribution in [0.4, 0.5) is 0 Å². The number of hydrogen-bond acceptors (Lipinski definition) is 4. The molecule has 5 heteroatoms. The van der Waals surface area contributed by atoms with E-state index in [-0.39, 0.29) is 12.1 Å². The number of benzene rings is 1. The molecule has 1 aliphatic heterocycles. The summed E-state index contributed by atoms with van der Waals surface area (Å²) in [4.78, 5) is 7.42. The molecule has 3 rings (SSSR count). The number of aromatic nitrogens is 2. The Morgan fingerprint density at radius 1 is 1.40 bits per heavy atom. The maximum atomic E-state index is 6.07. The van der Waals surface area contributed by atoms with Crippen LogP contribution in [0.2, 0.25) is 0 Å². The Kier molecular flexibility index (Phi) is 3.87. The number of nitrogens with one attached hydrogen (secondary N) is 2. The zero-order valence-electron chi connectivity index (χ0n) is 11.5. The minimum atomic E-state index is -0.0186. The summed E-state index contributed by atoms with van der Waals surface area (Å²) in [6.45, 7) is 3.52. The Bertz CT molecular complexity index is 542. The molecule has 1 aromatic carbocycles.